The number of non-ortho nitro benzene ring substituents is 1. The molecule has 1 aromatic carbocycles. The Balaban J connectivity index is 2.21. The van der Waals surface area contributed by atoms with Crippen molar-refractivity contribution in [2.75, 3.05) is 12.4 Å². The average Bonchev–Trinajstić information content (AvgIpc) is 2.74. The summed E-state index contributed by atoms with van der Waals surface area (Å²) in [4.78, 5) is 10.4. The summed E-state index contributed by atoms with van der Waals surface area (Å²) in [5, 5.41) is 14.2. The van der Waals surface area contributed by atoms with Gasteiger partial charge < -0.3 is 10.1 Å². The summed E-state index contributed by atoms with van der Waals surface area (Å²) < 4.78 is 5.09. The van der Waals surface area contributed by atoms with Gasteiger partial charge in [-0.05, 0) is 18.8 Å². The Bertz CT molecular complexity index is 448. The molecule has 2 rings (SSSR count). The quantitative estimate of drug-likeness (QED) is 0.658. The third kappa shape index (κ3) is 2.72. The first-order chi connectivity index (χ1) is 8.60. The van der Waals surface area contributed by atoms with E-state index in [-0.39, 0.29) is 5.69 Å². The second kappa shape index (κ2) is 5.25. The SMILES string of the molecule is COc1cc(NC2CCCC2C)cc([N+](=O)[O-])c1. The Morgan fingerprint density at radius 3 is 2.72 bits per heavy atom. The summed E-state index contributed by atoms with van der Waals surface area (Å²) >= 11 is 0. The van der Waals surface area contributed by atoms with Crippen molar-refractivity contribution in [2.45, 2.75) is 32.2 Å². The normalized spacial score (nSPS) is 22.8. The van der Waals surface area contributed by atoms with Crippen LogP contribution in [0.1, 0.15) is 26.2 Å². The maximum Gasteiger partial charge on any atom is 0.275 e. The van der Waals surface area contributed by atoms with E-state index in [0.29, 0.717) is 17.7 Å². The summed E-state index contributed by atoms with van der Waals surface area (Å²) in [7, 11) is 1.51. The molecule has 1 saturated carbocycles. The second-order valence-electron chi connectivity index (χ2n) is 4.84. The van der Waals surface area contributed by atoms with Gasteiger partial charge in [0, 0.05) is 23.9 Å². The summed E-state index contributed by atoms with van der Waals surface area (Å²) in [5.41, 5.74) is 0.822. The number of hydrogen-bond donors (Lipinski definition) is 1. The Labute approximate surface area is 106 Å². The van der Waals surface area contributed by atoms with E-state index in [0.717, 1.165) is 12.1 Å². The number of benzene rings is 1. The van der Waals surface area contributed by atoms with E-state index in [2.05, 4.69) is 12.2 Å². The van der Waals surface area contributed by atoms with Crippen molar-refractivity contribution < 1.29 is 9.66 Å². The molecule has 5 heteroatoms. The zero-order chi connectivity index (χ0) is 13.1. The lowest BCUT2D eigenvalue weighted by Gasteiger charge is -2.18. The van der Waals surface area contributed by atoms with Crippen molar-refractivity contribution in [3.63, 3.8) is 0 Å². The number of ether oxygens (including phenoxy) is 1. The molecule has 18 heavy (non-hydrogen) atoms. The molecule has 0 amide bonds. The van der Waals surface area contributed by atoms with Crippen LogP contribution in [0.25, 0.3) is 0 Å². The lowest BCUT2D eigenvalue weighted by atomic mass is 10.1. The van der Waals surface area contributed by atoms with E-state index in [9.17, 15) is 10.1 Å². The predicted octanol–water partition coefficient (Wildman–Crippen LogP) is 3.20. The Hall–Kier alpha value is -1.78. The van der Waals surface area contributed by atoms with Crippen molar-refractivity contribution in [1.29, 1.82) is 0 Å². The molecule has 2 atom stereocenters. The fraction of sp³-hybridized carbons (Fsp3) is 0.538. The largest absolute Gasteiger partial charge is 0.496 e. The molecule has 0 saturated heterocycles. The molecule has 1 N–H and O–H groups in total. The first-order valence-electron chi connectivity index (χ1n) is 6.20. The highest BCUT2D eigenvalue weighted by molar-refractivity contribution is 5.57. The third-order valence-electron chi connectivity index (χ3n) is 3.55. The van der Waals surface area contributed by atoms with Crippen LogP contribution in [0.3, 0.4) is 0 Å². The van der Waals surface area contributed by atoms with Gasteiger partial charge in [0.1, 0.15) is 5.75 Å². The van der Waals surface area contributed by atoms with E-state index >= 15 is 0 Å². The van der Waals surface area contributed by atoms with Gasteiger partial charge in [0.25, 0.3) is 5.69 Å². The first kappa shape index (κ1) is 12.7. The zero-order valence-electron chi connectivity index (χ0n) is 10.7. The lowest BCUT2D eigenvalue weighted by molar-refractivity contribution is -0.384. The second-order valence-corrected chi connectivity index (χ2v) is 4.84. The molecule has 0 aliphatic heterocycles. The van der Waals surface area contributed by atoms with Crippen molar-refractivity contribution in [3.05, 3.63) is 28.3 Å². The molecule has 0 heterocycles. The van der Waals surface area contributed by atoms with Crippen molar-refractivity contribution in [2.24, 2.45) is 5.92 Å². The first-order valence-corrected chi connectivity index (χ1v) is 6.20. The van der Waals surface area contributed by atoms with Gasteiger partial charge in [-0.1, -0.05) is 13.3 Å². The van der Waals surface area contributed by atoms with Crippen molar-refractivity contribution >= 4 is 11.4 Å². The maximum atomic E-state index is 10.8. The Kier molecular flexibility index (Phi) is 3.69. The highest BCUT2D eigenvalue weighted by Crippen LogP contribution is 2.31. The van der Waals surface area contributed by atoms with Crippen LogP contribution in [0.5, 0.6) is 5.75 Å². The molecule has 2 unspecified atom stereocenters. The van der Waals surface area contributed by atoms with Gasteiger partial charge in [-0.25, -0.2) is 0 Å². The molecule has 1 aliphatic rings. The van der Waals surface area contributed by atoms with Crippen LogP contribution < -0.4 is 10.1 Å². The molecular formula is C13H18N2O3. The van der Waals surface area contributed by atoms with Crippen LogP contribution in [0.15, 0.2) is 18.2 Å². The number of anilines is 1. The van der Waals surface area contributed by atoms with E-state index in [1.54, 1.807) is 12.1 Å². The maximum absolute atomic E-state index is 10.8. The monoisotopic (exact) mass is 250 g/mol. The van der Waals surface area contributed by atoms with Crippen LogP contribution in [0, 0.1) is 16.0 Å². The fourth-order valence-corrected chi connectivity index (χ4v) is 2.46. The molecule has 5 nitrogen and oxygen atoms in total. The zero-order valence-corrected chi connectivity index (χ0v) is 10.7. The molecule has 98 valence electrons. The van der Waals surface area contributed by atoms with E-state index < -0.39 is 4.92 Å². The molecule has 0 aromatic heterocycles. The highest BCUT2D eigenvalue weighted by Gasteiger charge is 2.23. The van der Waals surface area contributed by atoms with Gasteiger partial charge in [-0.3, -0.25) is 10.1 Å². The van der Waals surface area contributed by atoms with Crippen LogP contribution >= 0.6 is 0 Å². The van der Waals surface area contributed by atoms with Gasteiger partial charge >= 0.3 is 0 Å². The van der Waals surface area contributed by atoms with Crippen molar-refractivity contribution in [1.82, 2.24) is 0 Å². The van der Waals surface area contributed by atoms with E-state index in [1.165, 1.54) is 26.0 Å². The van der Waals surface area contributed by atoms with E-state index in [1.807, 2.05) is 0 Å². The van der Waals surface area contributed by atoms with Crippen LogP contribution in [-0.2, 0) is 0 Å². The minimum absolute atomic E-state index is 0.0579. The average molecular weight is 250 g/mol. The predicted molar refractivity (Wildman–Crippen MR) is 70.1 cm³/mol. The summed E-state index contributed by atoms with van der Waals surface area (Å²) in [5.74, 6) is 1.12. The smallest absolute Gasteiger partial charge is 0.275 e. The third-order valence-corrected chi connectivity index (χ3v) is 3.55. The van der Waals surface area contributed by atoms with Gasteiger partial charge in [0.15, 0.2) is 0 Å². The number of hydrogen-bond acceptors (Lipinski definition) is 4. The molecule has 0 radical (unpaired) electrons. The molecule has 1 aliphatic carbocycles. The molecule has 0 spiro atoms. The number of nitro groups is 1. The molecule has 1 aromatic rings. The standard InChI is InChI=1S/C13H18N2O3/c1-9-4-3-5-13(9)14-10-6-11(15(16)17)8-12(7-10)18-2/h6-9,13-14H,3-5H2,1-2H3. The minimum atomic E-state index is -0.397. The number of nitrogens with zero attached hydrogens (tertiary/aromatic N) is 1. The van der Waals surface area contributed by atoms with E-state index in [4.69, 9.17) is 4.74 Å². The van der Waals surface area contributed by atoms with Crippen LogP contribution in [0.4, 0.5) is 11.4 Å². The topological polar surface area (TPSA) is 64.4 Å². The molecular weight excluding hydrogens is 232 g/mol. The summed E-state index contributed by atoms with van der Waals surface area (Å²) in [6.45, 7) is 2.21. The lowest BCUT2D eigenvalue weighted by Crippen LogP contribution is -2.21. The Morgan fingerprint density at radius 2 is 2.17 bits per heavy atom. The highest BCUT2D eigenvalue weighted by atomic mass is 16.6. The molecule has 1 fully saturated rings. The van der Waals surface area contributed by atoms with Gasteiger partial charge in [-0.15, -0.1) is 0 Å². The van der Waals surface area contributed by atoms with Crippen LogP contribution in [-0.4, -0.2) is 18.1 Å². The fourth-order valence-electron chi connectivity index (χ4n) is 2.46. The molecule has 0 bridgehead atoms. The van der Waals surface area contributed by atoms with Crippen LogP contribution in [0.2, 0.25) is 0 Å². The number of rotatable bonds is 4. The Morgan fingerprint density at radius 1 is 1.39 bits per heavy atom. The number of nitrogens with one attached hydrogen (secondary N) is 1. The van der Waals surface area contributed by atoms with Gasteiger partial charge in [-0.2, -0.15) is 0 Å². The number of nitro benzene ring substituents is 1. The summed E-state index contributed by atoms with van der Waals surface area (Å²) in [6.07, 6.45) is 3.54. The van der Waals surface area contributed by atoms with Gasteiger partial charge in [0.05, 0.1) is 18.1 Å². The van der Waals surface area contributed by atoms with Gasteiger partial charge in [0.2, 0.25) is 0 Å². The number of methoxy groups -OCH3 is 1. The van der Waals surface area contributed by atoms with Crippen molar-refractivity contribution in [3.8, 4) is 5.75 Å². The minimum Gasteiger partial charge on any atom is -0.496 e. The summed E-state index contributed by atoms with van der Waals surface area (Å²) in [6, 6.07) is 5.20.